The topological polar surface area (TPSA) is 74.8 Å². The third-order valence-electron chi connectivity index (χ3n) is 5.49. The molecule has 0 aliphatic rings. The summed E-state index contributed by atoms with van der Waals surface area (Å²) in [4.78, 5) is 29.5. The van der Waals surface area contributed by atoms with Crippen LogP contribution in [0, 0.1) is 6.92 Å². The van der Waals surface area contributed by atoms with Crippen molar-refractivity contribution in [2.45, 2.75) is 6.92 Å². The van der Waals surface area contributed by atoms with Crippen molar-refractivity contribution in [1.82, 2.24) is 9.36 Å². The second kappa shape index (κ2) is 10.5. The highest BCUT2D eigenvalue weighted by Gasteiger charge is 2.14. The molecule has 3 aromatic carbocycles. The summed E-state index contributed by atoms with van der Waals surface area (Å²) in [7, 11) is 3.43. The van der Waals surface area contributed by atoms with E-state index in [1.165, 1.54) is 6.08 Å². The minimum absolute atomic E-state index is 0.193. The summed E-state index contributed by atoms with van der Waals surface area (Å²) >= 11 is 0. The average molecular weight is 468 g/mol. The Bertz CT molecular complexity index is 1430. The molecule has 0 fully saturated rings. The molecule has 7 heteroatoms. The minimum Gasteiger partial charge on any atom is -0.497 e. The van der Waals surface area contributed by atoms with Crippen molar-refractivity contribution < 1.29 is 14.3 Å². The van der Waals surface area contributed by atoms with Crippen LogP contribution in [-0.2, 0) is 11.8 Å². The molecule has 0 saturated heterocycles. The van der Waals surface area contributed by atoms with Gasteiger partial charge in [0.15, 0.2) is 5.69 Å². The maximum Gasteiger partial charge on any atom is 0.336 e. The third kappa shape index (κ3) is 5.47. The molecule has 0 bridgehead atoms. The first-order chi connectivity index (χ1) is 17.0. The summed E-state index contributed by atoms with van der Waals surface area (Å²) in [5.41, 5.74) is 3.34. The quantitative estimate of drug-likeness (QED) is 0.168. The summed E-state index contributed by atoms with van der Waals surface area (Å²) in [5, 5.41) is 0. The molecule has 176 valence electrons. The highest BCUT2D eigenvalue weighted by atomic mass is 16.5. The van der Waals surface area contributed by atoms with Crippen LogP contribution < -0.4 is 15.0 Å². The van der Waals surface area contributed by atoms with Gasteiger partial charge in [0.2, 0.25) is 0 Å². The van der Waals surface area contributed by atoms with E-state index in [1.54, 1.807) is 53.0 Å². The lowest BCUT2D eigenvalue weighted by Crippen LogP contribution is -2.19. The average Bonchev–Trinajstić information content (AvgIpc) is 3.10. The van der Waals surface area contributed by atoms with Crippen LogP contribution >= 0.6 is 0 Å². The minimum atomic E-state index is -0.483. The van der Waals surface area contributed by atoms with Gasteiger partial charge in [-0.2, -0.15) is 0 Å². The lowest BCUT2D eigenvalue weighted by atomic mass is 10.2. The standard InChI is InChI=1S/C28H25N3O4/c1-20-27(28(33)31(30(20)2)23-7-5-4-6-8-23)29-19-22-11-16-25(17-12-22)35-26(32)18-13-21-9-14-24(34-3)15-10-21/h4-19H,1-3H3/b18-13+,29-19?. The van der Waals surface area contributed by atoms with E-state index in [1.807, 2.05) is 68.6 Å². The smallest absolute Gasteiger partial charge is 0.336 e. The maximum atomic E-state index is 13.0. The molecule has 35 heavy (non-hydrogen) atoms. The van der Waals surface area contributed by atoms with Gasteiger partial charge < -0.3 is 9.47 Å². The largest absolute Gasteiger partial charge is 0.497 e. The van der Waals surface area contributed by atoms with Crippen LogP contribution in [-0.4, -0.2) is 28.7 Å². The van der Waals surface area contributed by atoms with Crippen LogP contribution in [0.4, 0.5) is 5.69 Å². The Balaban J connectivity index is 1.43. The molecule has 1 heterocycles. The predicted octanol–water partition coefficient (Wildman–Crippen LogP) is 4.86. The molecule has 0 unspecified atom stereocenters. The predicted molar refractivity (Wildman–Crippen MR) is 137 cm³/mol. The van der Waals surface area contributed by atoms with E-state index >= 15 is 0 Å². The normalized spacial score (nSPS) is 11.3. The number of ether oxygens (including phenoxy) is 2. The van der Waals surface area contributed by atoms with E-state index in [2.05, 4.69) is 4.99 Å². The first-order valence-corrected chi connectivity index (χ1v) is 11.0. The second-order valence-electron chi connectivity index (χ2n) is 7.76. The maximum absolute atomic E-state index is 13.0. The number of esters is 1. The van der Waals surface area contributed by atoms with E-state index in [0.717, 1.165) is 28.3 Å². The van der Waals surface area contributed by atoms with Crippen LogP contribution in [0.2, 0.25) is 0 Å². The fourth-order valence-corrected chi connectivity index (χ4v) is 3.49. The highest BCUT2D eigenvalue weighted by molar-refractivity contribution is 5.89. The molecule has 1 aromatic heterocycles. The Kier molecular flexibility index (Phi) is 7.07. The number of methoxy groups -OCH3 is 1. The van der Waals surface area contributed by atoms with Crippen molar-refractivity contribution in [1.29, 1.82) is 0 Å². The molecule has 4 rings (SSSR count). The zero-order valence-corrected chi connectivity index (χ0v) is 19.7. The van der Waals surface area contributed by atoms with Gasteiger partial charge in [-0.05, 0) is 72.7 Å². The Morgan fingerprint density at radius 3 is 2.17 bits per heavy atom. The second-order valence-corrected chi connectivity index (χ2v) is 7.76. The van der Waals surface area contributed by atoms with Gasteiger partial charge in [0.05, 0.1) is 18.5 Å². The van der Waals surface area contributed by atoms with Crippen LogP contribution in [0.25, 0.3) is 11.8 Å². The van der Waals surface area contributed by atoms with Crippen LogP contribution in [0.1, 0.15) is 16.8 Å². The van der Waals surface area contributed by atoms with Gasteiger partial charge >= 0.3 is 5.97 Å². The Hall–Kier alpha value is -4.65. The van der Waals surface area contributed by atoms with E-state index < -0.39 is 5.97 Å². The van der Waals surface area contributed by atoms with E-state index in [9.17, 15) is 9.59 Å². The number of aliphatic imine (C=N–C) groups is 1. The van der Waals surface area contributed by atoms with E-state index in [4.69, 9.17) is 9.47 Å². The number of carbonyl (C=O) groups is 1. The van der Waals surface area contributed by atoms with Crippen molar-refractivity contribution in [2.75, 3.05) is 7.11 Å². The van der Waals surface area contributed by atoms with Gasteiger partial charge in [0.1, 0.15) is 11.5 Å². The fourth-order valence-electron chi connectivity index (χ4n) is 3.49. The Morgan fingerprint density at radius 1 is 0.886 bits per heavy atom. The summed E-state index contributed by atoms with van der Waals surface area (Å²) < 4.78 is 13.8. The monoisotopic (exact) mass is 467 g/mol. The van der Waals surface area contributed by atoms with Gasteiger partial charge in [0.25, 0.3) is 5.56 Å². The van der Waals surface area contributed by atoms with Crippen molar-refractivity contribution >= 4 is 23.9 Å². The fraction of sp³-hybridized carbons (Fsp3) is 0.107. The number of hydrogen-bond acceptors (Lipinski definition) is 5. The molecule has 4 aromatic rings. The van der Waals surface area contributed by atoms with E-state index in [-0.39, 0.29) is 5.56 Å². The van der Waals surface area contributed by atoms with Gasteiger partial charge in [0, 0.05) is 19.3 Å². The molecule has 0 amide bonds. The summed E-state index contributed by atoms with van der Waals surface area (Å²) in [6, 6.07) is 23.7. The summed E-state index contributed by atoms with van der Waals surface area (Å²) in [6.45, 7) is 1.86. The van der Waals surface area contributed by atoms with Gasteiger partial charge in [-0.15, -0.1) is 0 Å². The molecule has 7 nitrogen and oxygen atoms in total. The zero-order valence-electron chi connectivity index (χ0n) is 19.7. The Labute approximate surface area is 203 Å². The van der Waals surface area contributed by atoms with Crippen molar-refractivity contribution in [2.24, 2.45) is 12.0 Å². The van der Waals surface area contributed by atoms with Crippen LogP contribution in [0.5, 0.6) is 11.5 Å². The zero-order chi connectivity index (χ0) is 24.8. The highest BCUT2D eigenvalue weighted by Crippen LogP contribution is 2.18. The first kappa shape index (κ1) is 23.5. The van der Waals surface area contributed by atoms with Gasteiger partial charge in [-0.25, -0.2) is 14.5 Å². The van der Waals surface area contributed by atoms with Gasteiger partial charge in [-0.3, -0.25) is 9.48 Å². The molecular weight excluding hydrogens is 442 g/mol. The molecule has 0 aliphatic carbocycles. The number of para-hydroxylation sites is 1. The number of aromatic nitrogens is 2. The Morgan fingerprint density at radius 2 is 1.51 bits per heavy atom. The number of carbonyl (C=O) groups excluding carboxylic acids is 1. The molecule has 0 N–H and O–H groups in total. The van der Waals surface area contributed by atoms with Crippen LogP contribution in [0.15, 0.2) is 94.7 Å². The molecule has 0 spiro atoms. The van der Waals surface area contributed by atoms with Crippen molar-refractivity contribution in [3.63, 3.8) is 0 Å². The van der Waals surface area contributed by atoms with E-state index in [0.29, 0.717) is 11.4 Å². The number of hydrogen-bond donors (Lipinski definition) is 0. The summed E-state index contributed by atoms with van der Waals surface area (Å²) in [5.74, 6) is 0.676. The number of rotatable bonds is 7. The first-order valence-electron chi connectivity index (χ1n) is 11.0. The molecular formula is C28H25N3O4. The SMILES string of the molecule is COc1ccc(/C=C/C(=O)Oc2ccc(C=Nc3c(C)n(C)n(-c4ccccc4)c3=O)cc2)cc1. The molecule has 0 atom stereocenters. The van der Waals surface area contributed by atoms with Crippen LogP contribution in [0.3, 0.4) is 0 Å². The molecule has 0 radical (unpaired) electrons. The van der Waals surface area contributed by atoms with Gasteiger partial charge in [-0.1, -0.05) is 30.3 Å². The molecule has 0 aliphatic heterocycles. The van der Waals surface area contributed by atoms with Crippen molar-refractivity contribution in [3.8, 4) is 17.2 Å². The molecule has 0 saturated carbocycles. The lowest BCUT2D eigenvalue weighted by Gasteiger charge is -2.07. The third-order valence-corrected chi connectivity index (χ3v) is 5.49. The number of nitrogens with zero attached hydrogens (tertiary/aromatic N) is 3. The lowest BCUT2D eigenvalue weighted by molar-refractivity contribution is -0.128. The number of benzene rings is 3. The summed E-state index contributed by atoms with van der Waals surface area (Å²) in [6.07, 6.45) is 4.66. The van der Waals surface area contributed by atoms with Crippen molar-refractivity contribution in [3.05, 3.63) is 112 Å².